The summed E-state index contributed by atoms with van der Waals surface area (Å²) in [5.74, 6) is 0.374. The summed E-state index contributed by atoms with van der Waals surface area (Å²) >= 11 is 0. The fourth-order valence-electron chi connectivity index (χ4n) is 4.55. The second kappa shape index (κ2) is 11.2. The van der Waals surface area contributed by atoms with E-state index in [0.717, 1.165) is 93.0 Å². The Labute approximate surface area is 202 Å². The quantitative estimate of drug-likeness (QED) is 0.325. The minimum Gasteiger partial charge on any atom is -0.490 e. The van der Waals surface area contributed by atoms with Crippen LogP contribution in [0.15, 0.2) is 42.6 Å². The predicted molar refractivity (Wildman–Crippen MR) is 134 cm³/mol. The van der Waals surface area contributed by atoms with Gasteiger partial charge in [-0.3, -0.25) is 9.69 Å². The first-order chi connectivity index (χ1) is 16.5. The molecule has 34 heavy (non-hydrogen) atoms. The summed E-state index contributed by atoms with van der Waals surface area (Å²) < 4.78 is 26.0. The van der Waals surface area contributed by atoms with E-state index in [1.165, 1.54) is 6.07 Å². The van der Waals surface area contributed by atoms with Crippen molar-refractivity contribution in [2.45, 2.75) is 33.1 Å². The van der Waals surface area contributed by atoms with Gasteiger partial charge in [-0.25, -0.2) is 4.39 Å². The number of benzene rings is 2. The van der Waals surface area contributed by atoms with E-state index in [2.05, 4.69) is 23.3 Å². The van der Waals surface area contributed by atoms with E-state index < -0.39 is 5.82 Å². The fourth-order valence-corrected chi connectivity index (χ4v) is 4.55. The molecule has 0 N–H and O–H groups in total. The van der Waals surface area contributed by atoms with Crippen LogP contribution in [0.4, 0.5) is 10.1 Å². The van der Waals surface area contributed by atoms with Gasteiger partial charge < -0.3 is 14.4 Å². The molecule has 0 bridgehead atoms. The second-order valence-electron chi connectivity index (χ2n) is 9.14. The highest BCUT2D eigenvalue weighted by Gasteiger charge is 2.29. The number of anilines is 1. The molecule has 0 radical (unpaired) electrons. The summed E-state index contributed by atoms with van der Waals surface area (Å²) in [5, 5.41) is 0. The largest absolute Gasteiger partial charge is 0.490 e. The van der Waals surface area contributed by atoms with Gasteiger partial charge in [0.15, 0.2) is 11.6 Å². The van der Waals surface area contributed by atoms with E-state index in [-0.39, 0.29) is 5.75 Å². The average molecular weight is 467 g/mol. The minimum atomic E-state index is -0.395. The monoisotopic (exact) mass is 466 g/mol. The van der Waals surface area contributed by atoms with Crippen molar-refractivity contribution in [3.63, 3.8) is 0 Å². The van der Waals surface area contributed by atoms with Crippen molar-refractivity contribution in [1.29, 1.82) is 0 Å². The van der Waals surface area contributed by atoms with Gasteiger partial charge in [0.2, 0.25) is 0 Å². The first-order valence-corrected chi connectivity index (χ1v) is 12.3. The molecule has 2 aliphatic rings. The molecule has 2 aromatic rings. The Hall–Kier alpha value is -2.70. The molecule has 1 aliphatic heterocycles. The third-order valence-electron chi connectivity index (χ3n) is 6.79. The molecule has 1 saturated heterocycles. The molecule has 2 fully saturated rings. The molecule has 0 amide bonds. The van der Waals surface area contributed by atoms with Crippen LogP contribution in [0.2, 0.25) is 0 Å². The molecule has 6 heteroatoms. The normalized spacial score (nSPS) is 16.3. The number of nitrogens with zero attached hydrogens (tertiary/aromatic N) is 2. The number of allylic oxidation sites excluding steroid dienone is 1. The Morgan fingerprint density at radius 2 is 2.00 bits per heavy atom. The number of rotatable bonds is 11. The van der Waals surface area contributed by atoms with Crippen LogP contribution in [-0.4, -0.2) is 57.2 Å². The fraction of sp³-hybridized carbons (Fsp3) is 0.464. The maximum absolute atomic E-state index is 14.9. The van der Waals surface area contributed by atoms with E-state index in [0.29, 0.717) is 18.1 Å². The average Bonchev–Trinajstić information content (AvgIpc) is 3.70. The molecule has 1 heterocycles. The van der Waals surface area contributed by atoms with Crippen LogP contribution >= 0.6 is 0 Å². The number of aldehydes is 1. The van der Waals surface area contributed by atoms with Crippen molar-refractivity contribution in [1.82, 2.24) is 4.90 Å². The SMILES string of the molecule is C=C(C1CC1)N(CC)c1cc(-c2ccc(OCCCN3CCOCC3)c(F)c2)cc(C=O)c1C. The van der Waals surface area contributed by atoms with Gasteiger partial charge in [0, 0.05) is 43.1 Å². The molecule has 1 saturated carbocycles. The van der Waals surface area contributed by atoms with Gasteiger partial charge in [-0.2, -0.15) is 0 Å². The van der Waals surface area contributed by atoms with Gasteiger partial charge in [-0.1, -0.05) is 12.6 Å². The molecule has 0 atom stereocenters. The van der Waals surface area contributed by atoms with Crippen LogP contribution in [0, 0.1) is 18.7 Å². The third kappa shape index (κ3) is 5.68. The lowest BCUT2D eigenvalue weighted by atomic mass is 9.97. The lowest BCUT2D eigenvalue weighted by Crippen LogP contribution is -2.37. The van der Waals surface area contributed by atoms with Gasteiger partial charge in [-0.05, 0) is 80.0 Å². The van der Waals surface area contributed by atoms with Crippen LogP contribution in [0.5, 0.6) is 5.75 Å². The van der Waals surface area contributed by atoms with Crippen molar-refractivity contribution >= 4 is 12.0 Å². The van der Waals surface area contributed by atoms with Crippen LogP contribution in [0.25, 0.3) is 11.1 Å². The summed E-state index contributed by atoms with van der Waals surface area (Å²) in [7, 11) is 0. The summed E-state index contributed by atoms with van der Waals surface area (Å²) in [6.07, 6.45) is 4.03. The third-order valence-corrected chi connectivity index (χ3v) is 6.79. The van der Waals surface area contributed by atoms with Crippen molar-refractivity contribution in [3.8, 4) is 16.9 Å². The number of hydrogen-bond acceptors (Lipinski definition) is 5. The first-order valence-electron chi connectivity index (χ1n) is 12.3. The van der Waals surface area contributed by atoms with Crippen LogP contribution in [0.1, 0.15) is 42.1 Å². The molecule has 4 rings (SSSR count). The zero-order valence-electron chi connectivity index (χ0n) is 20.3. The molecule has 0 aromatic heterocycles. The van der Waals surface area contributed by atoms with Gasteiger partial charge in [0.25, 0.3) is 0 Å². The van der Waals surface area contributed by atoms with Crippen LogP contribution < -0.4 is 9.64 Å². The topological polar surface area (TPSA) is 42.0 Å². The molecular weight excluding hydrogens is 431 g/mol. The van der Waals surface area contributed by atoms with Gasteiger partial charge in [0.05, 0.1) is 19.8 Å². The van der Waals surface area contributed by atoms with Crippen molar-refractivity contribution in [2.24, 2.45) is 5.92 Å². The molecule has 0 unspecified atom stereocenters. The molecule has 1 aliphatic carbocycles. The number of hydrogen-bond donors (Lipinski definition) is 0. The lowest BCUT2D eigenvalue weighted by molar-refractivity contribution is 0.0357. The smallest absolute Gasteiger partial charge is 0.165 e. The highest BCUT2D eigenvalue weighted by atomic mass is 19.1. The summed E-state index contributed by atoms with van der Waals surface area (Å²) in [4.78, 5) is 16.3. The van der Waals surface area contributed by atoms with Crippen LogP contribution in [0.3, 0.4) is 0 Å². The van der Waals surface area contributed by atoms with Crippen molar-refractivity contribution in [2.75, 3.05) is 50.9 Å². The predicted octanol–water partition coefficient (Wildman–Crippen LogP) is 5.46. The maximum Gasteiger partial charge on any atom is 0.165 e. The van der Waals surface area contributed by atoms with E-state index in [1.54, 1.807) is 6.07 Å². The highest BCUT2D eigenvalue weighted by Crippen LogP contribution is 2.41. The molecule has 5 nitrogen and oxygen atoms in total. The Bertz CT molecular complexity index is 1030. The van der Waals surface area contributed by atoms with Gasteiger partial charge in [-0.15, -0.1) is 0 Å². The number of carbonyl (C=O) groups is 1. The number of halogens is 1. The van der Waals surface area contributed by atoms with E-state index in [9.17, 15) is 9.18 Å². The minimum absolute atomic E-state index is 0.256. The summed E-state index contributed by atoms with van der Waals surface area (Å²) in [6, 6.07) is 8.90. The highest BCUT2D eigenvalue weighted by molar-refractivity contribution is 5.86. The second-order valence-corrected chi connectivity index (χ2v) is 9.14. The molecule has 182 valence electrons. The van der Waals surface area contributed by atoms with Crippen LogP contribution in [-0.2, 0) is 4.74 Å². The Balaban J connectivity index is 1.49. The van der Waals surface area contributed by atoms with E-state index in [4.69, 9.17) is 9.47 Å². The van der Waals surface area contributed by atoms with Gasteiger partial charge >= 0.3 is 0 Å². The standard InChI is InChI=1S/C28H35FN2O3/c1-4-31(21(3)22-6-7-22)27-18-24(16-25(19-32)20(27)2)23-8-9-28(26(29)17-23)34-13-5-10-30-11-14-33-15-12-30/h8-9,16-19,22H,3-7,10-15H2,1-2H3. The zero-order chi connectivity index (χ0) is 24.1. The molecule has 0 spiro atoms. The summed E-state index contributed by atoms with van der Waals surface area (Å²) in [6.45, 7) is 13.9. The Morgan fingerprint density at radius 1 is 1.24 bits per heavy atom. The lowest BCUT2D eigenvalue weighted by Gasteiger charge is -2.28. The number of ether oxygens (including phenoxy) is 2. The Kier molecular flexibility index (Phi) is 8.01. The maximum atomic E-state index is 14.9. The van der Waals surface area contributed by atoms with E-state index in [1.807, 2.05) is 25.1 Å². The van der Waals surface area contributed by atoms with E-state index >= 15 is 0 Å². The van der Waals surface area contributed by atoms with Gasteiger partial charge in [0.1, 0.15) is 6.29 Å². The summed E-state index contributed by atoms with van der Waals surface area (Å²) in [5.41, 5.74) is 5.11. The molecule has 2 aromatic carbocycles. The van der Waals surface area contributed by atoms with Crippen molar-refractivity contribution < 1.29 is 18.7 Å². The van der Waals surface area contributed by atoms with Crippen molar-refractivity contribution in [3.05, 3.63) is 59.6 Å². The number of morpholine rings is 1. The number of carbonyl (C=O) groups excluding carboxylic acids is 1. The first kappa shape index (κ1) is 24.4. The molecular formula is C28H35FN2O3. The zero-order valence-corrected chi connectivity index (χ0v) is 20.3. The Morgan fingerprint density at radius 3 is 2.65 bits per heavy atom.